The van der Waals surface area contributed by atoms with Crippen LogP contribution in [0.15, 0.2) is 41.3 Å². The van der Waals surface area contributed by atoms with E-state index in [9.17, 15) is 22.3 Å². The van der Waals surface area contributed by atoms with E-state index in [0.717, 1.165) is 17.5 Å². The Bertz CT molecular complexity index is 1240. The molecule has 1 aliphatic rings. The van der Waals surface area contributed by atoms with Crippen molar-refractivity contribution in [2.75, 3.05) is 26.8 Å². The van der Waals surface area contributed by atoms with Crippen LogP contribution < -0.4 is 39.2 Å². The van der Waals surface area contributed by atoms with E-state index in [0.29, 0.717) is 0 Å². The molecule has 2 aromatic rings. The number of halogens is 3. The van der Waals surface area contributed by atoms with Gasteiger partial charge in [0.2, 0.25) is 10.0 Å². The fraction of sp³-hybridized carbons (Fsp3) is 0.278. The Hall–Kier alpha value is -0.740. The maximum atomic E-state index is 13.8. The van der Waals surface area contributed by atoms with E-state index in [4.69, 9.17) is 37.7 Å². The van der Waals surface area contributed by atoms with Crippen LogP contribution in [-0.2, 0) is 23.6 Å². The fourth-order valence-corrected chi connectivity index (χ4v) is 5.98. The normalized spacial score (nSPS) is 17.2. The Morgan fingerprint density at radius 2 is 1.94 bits per heavy atom. The summed E-state index contributed by atoms with van der Waals surface area (Å²) in [6.07, 6.45) is 0. The monoisotopic (exact) mass is 546 g/mol. The van der Waals surface area contributed by atoms with Gasteiger partial charge in [-0.1, -0.05) is 23.2 Å². The summed E-state index contributed by atoms with van der Waals surface area (Å²) < 4.78 is 67.3. The molecule has 2 aromatic carbocycles. The van der Waals surface area contributed by atoms with E-state index in [2.05, 4.69) is 4.52 Å². The van der Waals surface area contributed by atoms with Gasteiger partial charge in [-0.3, -0.25) is 4.57 Å². The van der Waals surface area contributed by atoms with Crippen LogP contribution in [0, 0.1) is 17.1 Å². The van der Waals surface area contributed by atoms with E-state index in [-0.39, 0.29) is 55.8 Å². The van der Waals surface area contributed by atoms with Gasteiger partial charge in [0.15, 0.2) is 0 Å². The van der Waals surface area contributed by atoms with Crippen molar-refractivity contribution in [1.29, 1.82) is 5.26 Å². The van der Waals surface area contributed by atoms with Gasteiger partial charge in [-0.15, -0.1) is 0 Å². The van der Waals surface area contributed by atoms with Gasteiger partial charge < -0.3 is 18.7 Å². The summed E-state index contributed by atoms with van der Waals surface area (Å²) in [4.78, 5) is 11.7. The van der Waals surface area contributed by atoms with Gasteiger partial charge in [0, 0.05) is 31.3 Å². The standard InChI is InChI=1S/C18H16Cl2FN2O7PS.Na/c1-28-31(24,25)30-18(11-29-14-4-2-12(8-22)16(21)7-14)9-23(10-18)32(26,27)17-5-3-13(19)6-15(17)20;/h2-7H,9-11H2,1H3,(H,24,25);/q;+1/p-1. The topological polar surface area (TPSA) is 129 Å². The minimum absolute atomic E-state index is 0. The summed E-state index contributed by atoms with van der Waals surface area (Å²) >= 11 is 11.8. The molecule has 9 nitrogen and oxygen atoms in total. The predicted molar refractivity (Wildman–Crippen MR) is 110 cm³/mol. The van der Waals surface area contributed by atoms with Gasteiger partial charge >= 0.3 is 29.6 Å². The molecule has 1 fully saturated rings. The van der Waals surface area contributed by atoms with Crippen LogP contribution in [-0.4, -0.2) is 45.1 Å². The SMILES string of the molecule is COP(=O)([O-])OC1(COc2ccc(C#N)c(F)c2)CN(S(=O)(=O)c2ccc(Cl)cc2Cl)C1.[Na+]. The molecule has 0 saturated carbocycles. The number of phosphoric acid groups is 1. The van der Waals surface area contributed by atoms with E-state index < -0.39 is 49.0 Å². The first-order valence-corrected chi connectivity index (χ1v) is 12.4. The Morgan fingerprint density at radius 3 is 2.48 bits per heavy atom. The van der Waals surface area contributed by atoms with Gasteiger partial charge in [0.05, 0.1) is 10.6 Å². The Morgan fingerprint density at radius 1 is 1.27 bits per heavy atom. The zero-order valence-electron chi connectivity index (χ0n) is 17.3. The molecule has 1 saturated heterocycles. The second-order valence-corrected chi connectivity index (χ2v) is 11.0. The average molecular weight is 547 g/mol. The maximum absolute atomic E-state index is 13.8. The smallest absolute Gasteiger partial charge is 0.756 e. The van der Waals surface area contributed by atoms with Crippen molar-refractivity contribution >= 4 is 41.0 Å². The molecule has 0 amide bonds. The molecular formula is C18H15Cl2FN2NaO7PS. The maximum Gasteiger partial charge on any atom is 1.00 e. The number of ether oxygens (including phenoxy) is 1. The second kappa shape index (κ2) is 10.9. The summed E-state index contributed by atoms with van der Waals surface area (Å²) in [7, 11) is -8.00. The van der Waals surface area contributed by atoms with Crippen molar-refractivity contribution in [3.05, 3.63) is 57.8 Å². The molecule has 3 rings (SSSR count). The van der Waals surface area contributed by atoms with Crippen molar-refractivity contribution in [2.24, 2.45) is 0 Å². The zero-order chi connectivity index (χ0) is 23.7. The number of phosphoric ester groups is 1. The van der Waals surface area contributed by atoms with Crippen LogP contribution in [0.2, 0.25) is 10.0 Å². The van der Waals surface area contributed by atoms with Crippen LogP contribution in [0.3, 0.4) is 0 Å². The summed E-state index contributed by atoms with van der Waals surface area (Å²) in [5.41, 5.74) is -1.84. The third kappa shape index (κ3) is 6.48. The van der Waals surface area contributed by atoms with E-state index in [1.807, 2.05) is 0 Å². The largest absolute Gasteiger partial charge is 1.00 e. The van der Waals surface area contributed by atoms with Crippen LogP contribution in [0.5, 0.6) is 5.75 Å². The Balaban J connectivity index is 0.00000385. The number of hydrogen-bond donors (Lipinski definition) is 0. The van der Waals surface area contributed by atoms with E-state index in [1.165, 1.54) is 30.3 Å². The van der Waals surface area contributed by atoms with E-state index in [1.54, 1.807) is 6.07 Å². The zero-order valence-corrected chi connectivity index (χ0v) is 22.5. The van der Waals surface area contributed by atoms with Crippen LogP contribution in [0.25, 0.3) is 0 Å². The van der Waals surface area contributed by atoms with Gasteiger partial charge in [-0.2, -0.15) is 9.57 Å². The first-order valence-electron chi connectivity index (χ1n) is 8.77. The number of sulfonamides is 1. The minimum atomic E-state index is -4.78. The Labute approximate surface area is 221 Å². The molecule has 1 atom stereocenters. The van der Waals surface area contributed by atoms with Crippen LogP contribution >= 0.6 is 31.0 Å². The molecule has 33 heavy (non-hydrogen) atoms. The van der Waals surface area contributed by atoms with Crippen molar-refractivity contribution in [3.8, 4) is 11.8 Å². The van der Waals surface area contributed by atoms with Gasteiger partial charge in [0.1, 0.15) is 34.7 Å². The van der Waals surface area contributed by atoms with Crippen molar-refractivity contribution < 1.29 is 65.6 Å². The second-order valence-electron chi connectivity index (χ2n) is 6.79. The Kier molecular flexibility index (Phi) is 9.41. The molecule has 0 radical (unpaired) electrons. The molecule has 0 aliphatic carbocycles. The van der Waals surface area contributed by atoms with Crippen molar-refractivity contribution in [1.82, 2.24) is 4.31 Å². The van der Waals surface area contributed by atoms with Gasteiger partial charge in [0.25, 0.3) is 7.82 Å². The van der Waals surface area contributed by atoms with Crippen LogP contribution in [0.1, 0.15) is 5.56 Å². The van der Waals surface area contributed by atoms with Gasteiger partial charge in [-0.05, 0) is 30.3 Å². The average Bonchev–Trinajstić information content (AvgIpc) is 2.69. The first-order chi connectivity index (χ1) is 14.9. The van der Waals surface area contributed by atoms with Crippen LogP contribution in [0.4, 0.5) is 4.39 Å². The third-order valence-electron chi connectivity index (χ3n) is 4.53. The molecule has 1 aliphatic heterocycles. The first kappa shape index (κ1) is 28.5. The predicted octanol–water partition coefficient (Wildman–Crippen LogP) is -0.0383. The summed E-state index contributed by atoms with van der Waals surface area (Å²) in [5, 5.41) is 8.93. The molecule has 15 heteroatoms. The number of rotatable bonds is 8. The van der Waals surface area contributed by atoms with Gasteiger partial charge in [-0.25, -0.2) is 12.8 Å². The number of nitrogens with zero attached hydrogens (tertiary/aromatic N) is 2. The van der Waals surface area contributed by atoms with E-state index >= 15 is 0 Å². The third-order valence-corrected chi connectivity index (χ3v) is 8.10. The molecule has 172 valence electrons. The fourth-order valence-electron chi connectivity index (χ4n) is 2.93. The summed E-state index contributed by atoms with van der Waals surface area (Å²) in [6, 6.07) is 8.94. The molecule has 0 aromatic heterocycles. The molecule has 0 bridgehead atoms. The molecule has 1 heterocycles. The van der Waals surface area contributed by atoms with Crippen molar-refractivity contribution in [2.45, 2.75) is 10.5 Å². The van der Waals surface area contributed by atoms with Crippen molar-refractivity contribution in [3.63, 3.8) is 0 Å². The summed E-state index contributed by atoms with van der Waals surface area (Å²) in [6.45, 7) is -1.28. The molecule has 0 N–H and O–H groups in total. The number of nitriles is 1. The number of hydrogen-bond acceptors (Lipinski definition) is 8. The number of benzene rings is 2. The molecule has 1 unspecified atom stereocenters. The minimum Gasteiger partial charge on any atom is -0.756 e. The quantitative estimate of drug-likeness (QED) is 0.333. The molecular weight excluding hydrogens is 532 g/mol. The summed E-state index contributed by atoms with van der Waals surface area (Å²) in [5.74, 6) is -0.841. The molecule has 0 spiro atoms.